The lowest BCUT2D eigenvalue weighted by Gasteiger charge is -2.18. The highest BCUT2D eigenvalue weighted by Crippen LogP contribution is 2.36. The Hall–Kier alpha value is -3.42. The number of fused-ring (bicyclic) bond motifs is 1. The van der Waals surface area contributed by atoms with E-state index >= 15 is 0 Å². The molecule has 0 saturated heterocycles. The highest BCUT2D eigenvalue weighted by molar-refractivity contribution is 5.85. The van der Waals surface area contributed by atoms with Crippen LogP contribution in [-0.4, -0.2) is 41.6 Å². The molecule has 1 aromatic heterocycles. The van der Waals surface area contributed by atoms with Crippen LogP contribution < -0.4 is 18.9 Å². The summed E-state index contributed by atoms with van der Waals surface area (Å²) in [5, 5.41) is 10.8. The minimum Gasteiger partial charge on any atom is -0.493 e. The van der Waals surface area contributed by atoms with Crippen molar-refractivity contribution < 1.29 is 24.1 Å². The van der Waals surface area contributed by atoms with Crippen LogP contribution in [0.5, 0.6) is 23.0 Å². The fourth-order valence-electron chi connectivity index (χ4n) is 3.51. The number of nitrogens with zero attached hydrogens (tertiary/aromatic N) is 2. The van der Waals surface area contributed by atoms with Crippen LogP contribution in [-0.2, 0) is 13.2 Å². The summed E-state index contributed by atoms with van der Waals surface area (Å²) in [6.07, 6.45) is -0.794. The van der Waals surface area contributed by atoms with Crippen molar-refractivity contribution in [1.82, 2.24) is 9.55 Å². The van der Waals surface area contributed by atoms with Crippen LogP contribution in [0, 0.1) is 0 Å². The molecule has 1 heterocycles. The van der Waals surface area contributed by atoms with Gasteiger partial charge in [-0.25, -0.2) is 4.98 Å². The lowest BCUT2D eigenvalue weighted by molar-refractivity contribution is 0.0887. The molecule has 0 aliphatic carbocycles. The Bertz CT molecular complexity index is 1140. The van der Waals surface area contributed by atoms with Crippen molar-refractivity contribution in [2.24, 2.45) is 0 Å². The number of aliphatic hydroxyl groups excluding tert-OH is 1. The van der Waals surface area contributed by atoms with Gasteiger partial charge in [-0.15, -0.1) is 12.4 Å². The Balaban J connectivity index is 0.00000306. The second-order valence-electron chi connectivity index (χ2n) is 7.19. The van der Waals surface area contributed by atoms with Crippen LogP contribution in [0.1, 0.15) is 5.82 Å². The molecule has 0 amide bonds. The molecule has 8 heteroatoms. The van der Waals surface area contributed by atoms with Crippen molar-refractivity contribution in [2.45, 2.75) is 19.3 Å². The Labute approximate surface area is 198 Å². The molecule has 1 N–H and O–H groups in total. The molecule has 0 spiro atoms. The molecular formula is C25H27ClN2O5. The third kappa shape index (κ3) is 5.69. The van der Waals surface area contributed by atoms with Crippen LogP contribution in [0.2, 0.25) is 0 Å². The number of aromatic nitrogens is 2. The number of hydrogen-bond acceptors (Lipinski definition) is 6. The average Bonchev–Trinajstić information content (AvgIpc) is 3.19. The summed E-state index contributed by atoms with van der Waals surface area (Å²) >= 11 is 0. The van der Waals surface area contributed by atoms with E-state index in [0.717, 1.165) is 22.6 Å². The van der Waals surface area contributed by atoms with E-state index in [1.165, 1.54) is 0 Å². The summed E-state index contributed by atoms with van der Waals surface area (Å²) in [6, 6.07) is 22.8. The summed E-state index contributed by atoms with van der Waals surface area (Å²) in [5.41, 5.74) is 1.77. The van der Waals surface area contributed by atoms with Gasteiger partial charge >= 0.3 is 0 Å². The first-order valence-corrected chi connectivity index (χ1v) is 10.3. The van der Waals surface area contributed by atoms with Gasteiger partial charge in [0.1, 0.15) is 30.9 Å². The van der Waals surface area contributed by atoms with E-state index in [2.05, 4.69) is 0 Å². The number of aliphatic hydroxyl groups is 1. The average molecular weight is 471 g/mol. The number of methoxy groups -OCH3 is 2. The van der Waals surface area contributed by atoms with Gasteiger partial charge in [-0.2, -0.15) is 0 Å². The van der Waals surface area contributed by atoms with Gasteiger partial charge in [-0.3, -0.25) is 0 Å². The minimum absolute atomic E-state index is 0. The number of imidazole rings is 1. The lowest BCUT2D eigenvalue weighted by atomic mass is 10.3. The quantitative estimate of drug-likeness (QED) is 0.368. The van der Waals surface area contributed by atoms with E-state index in [4.69, 9.17) is 23.9 Å². The van der Waals surface area contributed by atoms with Crippen LogP contribution in [0.25, 0.3) is 11.0 Å². The van der Waals surface area contributed by atoms with Gasteiger partial charge in [0.25, 0.3) is 0 Å². The number of ether oxygens (including phenoxy) is 4. The zero-order valence-electron chi connectivity index (χ0n) is 18.5. The summed E-state index contributed by atoms with van der Waals surface area (Å²) < 4.78 is 24.5. The summed E-state index contributed by atoms with van der Waals surface area (Å²) in [5.74, 6) is 3.03. The largest absolute Gasteiger partial charge is 0.493 e. The molecule has 1 atom stereocenters. The first kappa shape index (κ1) is 24.2. The number of halogens is 1. The van der Waals surface area contributed by atoms with Crippen molar-refractivity contribution in [1.29, 1.82) is 0 Å². The Morgan fingerprint density at radius 3 is 2.21 bits per heavy atom. The molecular weight excluding hydrogens is 444 g/mol. The van der Waals surface area contributed by atoms with Crippen LogP contribution in [0.15, 0.2) is 72.8 Å². The van der Waals surface area contributed by atoms with Gasteiger partial charge in [0.2, 0.25) is 5.75 Å². The molecule has 0 aliphatic heterocycles. The number of rotatable bonds is 10. The van der Waals surface area contributed by atoms with E-state index in [1.807, 2.05) is 65.2 Å². The second kappa shape index (κ2) is 11.4. The molecule has 7 nitrogen and oxygen atoms in total. The molecule has 4 rings (SSSR count). The molecule has 0 fully saturated rings. The summed E-state index contributed by atoms with van der Waals surface area (Å²) in [7, 11) is 3.13. The van der Waals surface area contributed by atoms with Gasteiger partial charge in [-0.1, -0.05) is 36.4 Å². The number of para-hydroxylation sites is 4. The fourth-order valence-corrected chi connectivity index (χ4v) is 3.51. The molecule has 33 heavy (non-hydrogen) atoms. The zero-order chi connectivity index (χ0) is 22.3. The Morgan fingerprint density at radius 1 is 0.848 bits per heavy atom. The van der Waals surface area contributed by atoms with Crippen molar-refractivity contribution in [3.8, 4) is 23.0 Å². The molecule has 174 valence electrons. The maximum absolute atomic E-state index is 10.8. The highest BCUT2D eigenvalue weighted by atomic mass is 35.5. The van der Waals surface area contributed by atoms with E-state index in [0.29, 0.717) is 23.8 Å². The maximum Gasteiger partial charge on any atom is 0.203 e. The van der Waals surface area contributed by atoms with Gasteiger partial charge in [0, 0.05) is 0 Å². The highest BCUT2D eigenvalue weighted by Gasteiger charge is 2.17. The molecule has 4 aromatic rings. The molecule has 3 aromatic carbocycles. The van der Waals surface area contributed by atoms with E-state index in [9.17, 15) is 5.11 Å². The third-order valence-corrected chi connectivity index (χ3v) is 5.04. The zero-order valence-corrected chi connectivity index (χ0v) is 19.3. The summed E-state index contributed by atoms with van der Waals surface area (Å²) in [4.78, 5) is 4.70. The number of benzene rings is 3. The fraction of sp³-hybridized carbons (Fsp3) is 0.240. The maximum atomic E-state index is 10.8. The third-order valence-electron chi connectivity index (χ3n) is 5.04. The predicted octanol–water partition coefficient (Wildman–Crippen LogP) is 4.49. The SMILES string of the molecule is COc1cccc(OC)c1OCC(O)Cn1c(COc2ccccc2)nc2ccccc21.Cl. The van der Waals surface area contributed by atoms with Gasteiger partial charge in [0.05, 0.1) is 31.8 Å². The molecule has 1 unspecified atom stereocenters. The normalized spacial score (nSPS) is 11.5. The van der Waals surface area contributed by atoms with Crippen LogP contribution in [0.4, 0.5) is 0 Å². The predicted molar refractivity (Wildman–Crippen MR) is 129 cm³/mol. The Morgan fingerprint density at radius 2 is 1.52 bits per heavy atom. The van der Waals surface area contributed by atoms with Gasteiger partial charge in [0.15, 0.2) is 11.5 Å². The van der Waals surface area contributed by atoms with Gasteiger partial charge in [-0.05, 0) is 36.4 Å². The number of hydrogen-bond donors (Lipinski definition) is 1. The molecule has 0 bridgehead atoms. The van der Waals surface area contributed by atoms with E-state index < -0.39 is 6.10 Å². The van der Waals surface area contributed by atoms with Crippen molar-refractivity contribution >= 4 is 23.4 Å². The topological polar surface area (TPSA) is 75.0 Å². The van der Waals surface area contributed by atoms with Crippen molar-refractivity contribution in [2.75, 3.05) is 20.8 Å². The molecule has 0 aliphatic rings. The summed E-state index contributed by atoms with van der Waals surface area (Å²) in [6.45, 7) is 0.639. The minimum atomic E-state index is -0.794. The first-order chi connectivity index (χ1) is 15.7. The second-order valence-corrected chi connectivity index (χ2v) is 7.19. The lowest BCUT2D eigenvalue weighted by Crippen LogP contribution is -2.25. The standard InChI is InChI=1S/C25H26N2O5.ClH/c1-29-22-13-8-14-23(30-2)25(22)32-16-18(28)15-27-21-12-7-6-11-20(21)26-24(27)17-31-19-9-4-3-5-10-19;/h3-14,18,28H,15-17H2,1-2H3;1H. The van der Waals surface area contributed by atoms with E-state index in [1.54, 1.807) is 26.4 Å². The van der Waals surface area contributed by atoms with E-state index in [-0.39, 0.29) is 25.6 Å². The first-order valence-electron chi connectivity index (χ1n) is 10.3. The monoisotopic (exact) mass is 470 g/mol. The molecule has 0 saturated carbocycles. The van der Waals surface area contributed by atoms with Crippen molar-refractivity contribution in [3.05, 3.63) is 78.6 Å². The van der Waals surface area contributed by atoms with Crippen LogP contribution in [0.3, 0.4) is 0 Å². The Kier molecular flexibility index (Phi) is 8.40. The molecule has 0 radical (unpaired) electrons. The smallest absolute Gasteiger partial charge is 0.203 e. The van der Waals surface area contributed by atoms with Gasteiger partial charge < -0.3 is 28.6 Å². The van der Waals surface area contributed by atoms with Crippen LogP contribution >= 0.6 is 12.4 Å². The van der Waals surface area contributed by atoms with Crippen molar-refractivity contribution in [3.63, 3.8) is 0 Å².